The number of piperidine rings is 1. The summed E-state index contributed by atoms with van der Waals surface area (Å²) in [4.78, 5) is 6.87. The van der Waals surface area contributed by atoms with Crippen molar-refractivity contribution in [1.29, 1.82) is 0 Å². The highest BCUT2D eigenvalue weighted by Gasteiger charge is 2.27. The molecule has 2 heterocycles. The van der Waals surface area contributed by atoms with E-state index < -0.39 is 5.41 Å². The molecule has 0 radical (unpaired) electrons. The quantitative estimate of drug-likeness (QED) is 0.869. The van der Waals surface area contributed by atoms with E-state index in [1.165, 1.54) is 6.42 Å². The zero-order valence-corrected chi connectivity index (χ0v) is 15.2. The molecule has 0 saturated carbocycles. The average Bonchev–Trinajstić information content (AvgIpc) is 2.52. The van der Waals surface area contributed by atoms with E-state index in [-0.39, 0.29) is 0 Å². The summed E-state index contributed by atoms with van der Waals surface area (Å²) in [6.45, 7) is 5.83. The van der Waals surface area contributed by atoms with E-state index in [4.69, 9.17) is 0 Å². The lowest BCUT2D eigenvalue weighted by Crippen LogP contribution is -2.47. The van der Waals surface area contributed by atoms with Crippen molar-refractivity contribution >= 4 is 25.8 Å². The Kier molecular flexibility index (Phi) is 4.57. The van der Waals surface area contributed by atoms with Gasteiger partial charge < -0.3 is 10.2 Å². The van der Waals surface area contributed by atoms with Crippen LogP contribution in [0.3, 0.4) is 0 Å². The molecule has 23 heavy (non-hydrogen) atoms. The number of likely N-dealkylation sites (N-methyl/N-ethyl adjacent to an activating group) is 1. The summed E-state index contributed by atoms with van der Waals surface area (Å²) in [5.74, 6) is 0.626. The highest BCUT2D eigenvalue weighted by atomic mass is 31.0. The van der Waals surface area contributed by atoms with Gasteiger partial charge in [0, 0.05) is 42.0 Å². The van der Waals surface area contributed by atoms with E-state index in [0.717, 1.165) is 29.7 Å². The molecule has 1 fully saturated rings. The highest BCUT2D eigenvalue weighted by Crippen LogP contribution is 2.39. The van der Waals surface area contributed by atoms with E-state index in [0.29, 0.717) is 17.5 Å². The number of alkyl halides is 1. The maximum Gasteiger partial charge on any atom is 0.147 e. The van der Waals surface area contributed by atoms with Crippen molar-refractivity contribution in [2.75, 3.05) is 25.0 Å². The topological polar surface area (TPSA) is 28.2 Å². The number of nitrogens with one attached hydrogen (secondary N) is 1. The monoisotopic (exact) mass is 333 g/mol. The van der Waals surface area contributed by atoms with Crippen LogP contribution in [0.4, 0.5) is 10.1 Å². The largest absolute Gasteiger partial charge is 0.369 e. The second-order valence-electron chi connectivity index (χ2n) is 6.84. The Hall–Kier alpha value is -1.25. The first-order valence-corrected chi connectivity index (χ1v) is 8.76. The number of nitrogens with zero attached hydrogens (tertiary/aromatic N) is 2. The van der Waals surface area contributed by atoms with Crippen molar-refractivity contribution in [2.45, 2.75) is 31.7 Å². The molecule has 0 aliphatic carbocycles. The van der Waals surface area contributed by atoms with Crippen LogP contribution >= 0.6 is 9.24 Å². The second-order valence-corrected chi connectivity index (χ2v) is 7.92. The van der Waals surface area contributed by atoms with Gasteiger partial charge in [-0.05, 0) is 44.5 Å². The van der Waals surface area contributed by atoms with E-state index in [2.05, 4.69) is 31.4 Å². The van der Waals surface area contributed by atoms with Gasteiger partial charge in [0.15, 0.2) is 0 Å². The summed E-state index contributed by atoms with van der Waals surface area (Å²) in [5.41, 5.74) is 2.53. The fraction of sp³-hybridized carbons (Fsp3) is 0.500. The Balaban J connectivity index is 2.09. The van der Waals surface area contributed by atoms with Crippen molar-refractivity contribution in [3.8, 4) is 0 Å². The zero-order valence-electron chi connectivity index (χ0n) is 14.0. The van der Waals surface area contributed by atoms with Gasteiger partial charge >= 0.3 is 0 Å². The van der Waals surface area contributed by atoms with Crippen LogP contribution < -0.4 is 10.2 Å². The molecule has 0 spiro atoms. The summed E-state index contributed by atoms with van der Waals surface area (Å²) < 4.78 is 14.5. The van der Waals surface area contributed by atoms with Crippen molar-refractivity contribution in [3.05, 3.63) is 36.0 Å². The first kappa shape index (κ1) is 16.6. The summed E-state index contributed by atoms with van der Waals surface area (Å²) >= 11 is 0. The lowest BCUT2D eigenvalue weighted by Gasteiger charge is -2.38. The molecular weight excluding hydrogens is 308 g/mol. The molecule has 0 amide bonds. The molecule has 124 valence electrons. The molecule has 1 aromatic carbocycles. The Morgan fingerprint density at radius 2 is 2.13 bits per heavy atom. The molecule has 5 heteroatoms. The number of halogens is 1. The fourth-order valence-electron chi connectivity index (χ4n) is 3.59. The van der Waals surface area contributed by atoms with E-state index >= 15 is 0 Å². The third-order valence-corrected chi connectivity index (χ3v) is 4.99. The van der Waals surface area contributed by atoms with Crippen LogP contribution in [0.1, 0.15) is 25.8 Å². The van der Waals surface area contributed by atoms with Crippen LogP contribution in [-0.2, 0) is 5.41 Å². The van der Waals surface area contributed by atoms with Gasteiger partial charge in [0.25, 0.3) is 0 Å². The minimum Gasteiger partial charge on any atom is -0.369 e. The standard InChI is InChI=1S/C18H25FN3P/c1-12-9-13(20-3)11-22(10-12)16-7-6-15(18(2,19)23)17-14(16)5-4-8-21-17/h4-8,12-13,20H,9-11,23H2,1-3H3/t12-,13+,18?/m0/s1. The molecular formula is C18H25FN3P. The number of hydrogen-bond acceptors (Lipinski definition) is 3. The van der Waals surface area contributed by atoms with Gasteiger partial charge in [-0.15, -0.1) is 0 Å². The molecule has 3 nitrogen and oxygen atoms in total. The van der Waals surface area contributed by atoms with Crippen molar-refractivity contribution in [3.63, 3.8) is 0 Å². The van der Waals surface area contributed by atoms with Crippen LogP contribution in [0, 0.1) is 5.92 Å². The van der Waals surface area contributed by atoms with E-state index in [1.807, 2.05) is 31.3 Å². The van der Waals surface area contributed by atoms with Gasteiger partial charge in [-0.2, -0.15) is 0 Å². The third kappa shape index (κ3) is 3.34. The molecule has 0 bridgehead atoms. The van der Waals surface area contributed by atoms with Crippen LogP contribution in [0.2, 0.25) is 0 Å². The number of aromatic nitrogens is 1. The predicted molar refractivity (Wildman–Crippen MR) is 98.8 cm³/mol. The number of pyridine rings is 1. The van der Waals surface area contributed by atoms with Crippen LogP contribution in [-0.4, -0.2) is 31.2 Å². The smallest absolute Gasteiger partial charge is 0.147 e. The van der Waals surface area contributed by atoms with E-state index in [1.54, 1.807) is 13.1 Å². The number of fused-ring (bicyclic) bond motifs is 1. The molecule has 4 atom stereocenters. The second kappa shape index (κ2) is 6.33. The summed E-state index contributed by atoms with van der Waals surface area (Å²) in [5, 5.41) is 2.95. The van der Waals surface area contributed by atoms with Crippen LogP contribution in [0.25, 0.3) is 10.9 Å². The Bertz CT molecular complexity index is 698. The van der Waals surface area contributed by atoms with Gasteiger partial charge in [-0.3, -0.25) is 4.98 Å². The van der Waals surface area contributed by atoms with Gasteiger partial charge in [0.1, 0.15) is 5.41 Å². The molecule has 1 aliphatic rings. The Morgan fingerprint density at radius 1 is 1.35 bits per heavy atom. The molecule has 2 aromatic rings. The van der Waals surface area contributed by atoms with Crippen LogP contribution in [0.5, 0.6) is 0 Å². The first-order chi connectivity index (χ1) is 10.9. The van der Waals surface area contributed by atoms with Crippen molar-refractivity contribution in [2.24, 2.45) is 5.92 Å². The average molecular weight is 333 g/mol. The minimum atomic E-state index is -1.48. The zero-order chi connectivity index (χ0) is 16.6. The Morgan fingerprint density at radius 3 is 2.83 bits per heavy atom. The van der Waals surface area contributed by atoms with E-state index in [9.17, 15) is 4.39 Å². The number of rotatable bonds is 3. The molecule has 2 unspecified atom stereocenters. The van der Waals surface area contributed by atoms with Crippen molar-refractivity contribution < 1.29 is 4.39 Å². The minimum absolute atomic E-state index is 0.485. The van der Waals surface area contributed by atoms with Crippen LogP contribution in [0.15, 0.2) is 30.5 Å². The van der Waals surface area contributed by atoms with Crippen molar-refractivity contribution in [1.82, 2.24) is 10.3 Å². The first-order valence-electron chi connectivity index (χ1n) is 8.18. The summed E-state index contributed by atoms with van der Waals surface area (Å²) in [6.07, 6.45) is 2.93. The molecule has 1 aliphatic heterocycles. The number of anilines is 1. The number of benzene rings is 1. The lowest BCUT2D eigenvalue weighted by atomic mass is 9.94. The lowest BCUT2D eigenvalue weighted by molar-refractivity contribution is 0.326. The number of hydrogen-bond donors (Lipinski definition) is 1. The predicted octanol–water partition coefficient (Wildman–Crippen LogP) is 3.69. The van der Waals surface area contributed by atoms with Gasteiger partial charge in [-0.1, -0.05) is 22.2 Å². The SMILES string of the molecule is CN[C@@H]1C[C@H](C)CN(c2ccc(C(C)(F)P)c3ncccc23)C1. The third-order valence-electron chi connectivity index (χ3n) is 4.68. The molecule has 1 N–H and O–H groups in total. The normalized spacial score (nSPS) is 24.7. The van der Waals surface area contributed by atoms with Gasteiger partial charge in [-0.25, -0.2) is 4.39 Å². The van der Waals surface area contributed by atoms with Gasteiger partial charge in [0.2, 0.25) is 0 Å². The summed E-state index contributed by atoms with van der Waals surface area (Å²) in [7, 11) is 4.30. The maximum absolute atomic E-state index is 14.5. The highest BCUT2D eigenvalue weighted by molar-refractivity contribution is 7.18. The molecule has 1 saturated heterocycles. The van der Waals surface area contributed by atoms with Gasteiger partial charge in [0.05, 0.1) is 5.52 Å². The Labute approximate surface area is 139 Å². The molecule has 3 rings (SSSR count). The molecule has 1 aromatic heterocycles. The summed E-state index contributed by atoms with van der Waals surface area (Å²) in [6, 6.07) is 8.39. The maximum atomic E-state index is 14.5. The fourth-order valence-corrected chi connectivity index (χ4v) is 3.82.